The maximum Gasteiger partial charge on any atom is 0.243 e. The molecule has 15 heavy (non-hydrogen) atoms. The zero-order chi connectivity index (χ0) is 11.6. The van der Waals surface area contributed by atoms with Gasteiger partial charge in [0.05, 0.1) is 6.20 Å². The predicted molar refractivity (Wildman–Crippen MR) is 57.8 cm³/mol. The third-order valence-corrected chi connectivity index (χ3v) is 3.85. The van der Waals surface area contributed by atoms with Gasteiger partial charge >= 0.3 is 0 Å². The van der Waals surface area contributed by atoms with E-state index in [0.717, 1.165) is 0 Å². The van der Waals surface area contributed by atoms with Crippen molar-refractivity contribution in [3.05, 3.63) is 12.4 Å². The molecule has 0 aliphatic rings. The Kier molecular flexibility index (Phi) is 3.51. The van der Waals surface area contributed by atoms with Crippen molar-refractivity contribution >= 4 is 10.0 Å². The number of nitrogens with zero attached hydrogens (tertiary/aromatic N) is 2. The molecule has 86 valence electrons. The third-order valence-electron chi connectivity index (χ3n) is 2.33. The van der Waals surface area contributed by atoms with Gasteiger partial charge < -0.3 is 0 Å². The third kappa shape index (κ3) is 3.04. The van der Waals surface area contributed by atoms with Crippen LogP contribution in [0.3, 0.4) is 0 Å². The maximum atomic E-state index is 11.8. The van der Waals surface area contributed by atoms with E-state index >= 15 is 0 Å². The molecule has 1 aromatic heterocycles. The zero-order valence-electron chi connectivity index (χ0n) is 9.43. The summed E-state index contributed by atoms with van der Waals surface area (Å²) >= 11 is 0. The van der Waals surface area contributed by atoms with Crippen molar-refractivity contribution in [1.82, 2.24) is 14.5 Å². The van der Waals surface area contributed by atoms with Crippen LogP contribution in [0.2, 0.25) is 0 Å². The summed E-state index contributed by atoms with van der Waals surface area (Å²) in [5.74, 6) is 0.261. The summed E-state index contributed by atoms with van der Waals surface area (Å²) in [6, 6.07) is -0.0878. The number of aryl methyl sites for hydroxylation is 1. The Morgan fingerprint density at radius 2 is 2.00 bits per heavy atom. The van der Waals surface area contributed by atoms with Gasteiger partial charge in [0.25, 0.3) is 0 Å². The van der Waals surface area contributed by atoms with Crippen molar-refractivity contribution in [3.63, 3.8) is 0 Å². The van der Waals surface area contributed by atoms with E-state index in [0.29, 0.717) is 0 Å². The molecule has 5 nitrogen and oxygen atoms in total. The van der Waals surface area contributed by atoms with Crippen LogP contribution in [0.4, 0.5) is 0 Å². The monoisotopic (exact) mass is 231 g/mol. The first-order chi connectivity index (χ1) is 6.83. The molecule has 0 aliphatic carbocycles. The van der Waals surface area contributed by atoms with E-state index in [2.05, 4.69) is 9.82 Å². The quantitative estimate of drug-likeness (QED) is 0.831. The Hall–Kier alpha value is -0.880. The number of nitrogens with one attached hydrogen (secondary N) is 1. The molecular formula is C9H17N3O2S. The van der Waals surface area contributed by atoms with Crippen LogP contribution in [0, 0.1) is 5.92 Å². The molecule has 0 bridgehead atoms. The zero-order valence-corrected chi connectivity index (χ0v) is 10.2. The van der Waals surface area contributed by atoms with E-state index in [-0.39, 0.29) is 16.9 Å². The molecular weight excluding hydrogens is 214 g/mol. The highest BCUT2D eigenvalue weighted by Crippen LogP contribution is 2.09. The summed E-state index contributed by atoms with van der Waals surface area (Å²) in [6.07, 6.45) is 2.82. The Morgan fingerprint density at radius 3 is 2.40 bits per heavy atom. The van der Waals surface area contributed by atoms with Crippen molar-refractivity contribution in [2.75, 3.05) is 0 Å². The molecule has 1 aromatic rings. The maximum absolute atomic E-state index is 11.8. The van der Waals surface area contributed by atoms with Crippen LogP contribution in [0.25, 0.3) is 0 Å². The van der Waals surface area contributed by atoms with Gasteiger partial charge in [0, 0.05) is 19.3 Å². The molecule has 1 rings (SSSR count). The molecule has 0 saturated heterocycles. The first-order valence-corrected chi connectivity index (χ1v) is 6.32. The molecule has 0 aromatic carbocycles. The van der Waals surface area contributed by atoms with Crippen molar-refractivity contribution in [2.24, 2.45) is 13.0 Å². The van der Waals surface area contributed by atoms with Gasteiger partial charge in [0.2, 0.25) is 10.0 Å². The van der Waals surface area contributed by atoms with Crippen molar-refractivity contribution in [2.45, 2.75) is 31.7 Å². The van der Waals surface area contributed by atoms with Crippen LogP contribution in [0.5, 0.6) is 0 Å². The van der Waals surface area contributed by atoms with Crippen molar-refractivity contribution in [1.29, 1.82) is 0 Å². The van der Waals surface area contributed by atoms with E-state index in [1.807, 2.05) is 20.8 Å². The minimum atomic E-state index is -3.42. The number of hydrogen-bond donors (Lipinski definition) is 1. The lowest BCUT2D eigenvalue weighted by atomic mass is 10.1. The lowest BCUT2D eigenvalue weighted by Gasteiger charge is -2.16. The van der Waals surface area contributed by atoms with Gasteiger partial charge in [-0.3, -0.25) is 4.68 Å². The Bertz CT molecular complexity index is 422. The van der Waals surface area contributed by atoms with Crippen molar-refractivity contribution in [3.8, 4) is 0 Å². The summed E-state index contributed by atoms with van der Waals surface area (Å²) in [6.45, 7) is 5.78. The number of aromatic nitrogens is 2. The number of rotatable bonds is 4. The second-order valence-electron chi connectivity index (χ2n) is 4.00. The molecule has 0 spiro atoms. The molecule has 0 radical (unpaired) electrons. The Morgan fingerprint density at radius 1 is 1.40 bits per heavy atom. The van der Waals surface area contributed by atoms with Crippen molar-refractivity contribution < 1.29 is 8.42 Å². The topological polar surface area (TPSA) is 64.0 Å². The normalized spacial score (nSPS) is 14.5. The van der Waals surface area contributed by atoms with Crippen LogP contribution in [0.1, 0.15) is 20.8 Å². The minimum absolute atomic E-state index is 0.0878. The molecule has 0 unspecified atom stereocenters. The highest BCUT2D eigenvalue weighted by atomic mass is 32.2. The molecule has 0 saturated carbocycles. The van der Waals surface area contributed by atoms with E-state index in [1.165, 1.54) is 17.1 Å². The van der Waals surface area contributed by atoms with Gasteiger partial charge in [-0.1, -0.05) is 13.8 Å². The smallest absolute Gasteiger partial charge is 0.243 e. The van der Waals surface area contributed by atoms with E-state index in [1.54, 1.807) is 7.05 Å². The van der Waals surface area contributed by atoms with Gasteiger partial charge in [-0.25, -0.2) is 13.1 Å². The standard InChI is InChI=1S/C9H17N3O2S/c1-7(2)8(3)11-15(13,14)9-5-10-12(4)6-9/h5-8,11H,1-4H3/t8-/m1/s1. The molecule has 0 aliphatic heterocycles. The average Bonchev–Trinajstić information content (AvgIpc) is 2.51. The first-order valence-electron chi connectivity index (χ1n) is 4.84. The van der Waals surface area contributed by atoms with Gasteiger partial charge in [-0.05, 0) is 12.8 Å². The lowest BCUT2D eigenvalue weighted by molar-refractivity contribution is 0.476. The summed E-state index contributed by atoms with van der Waals surface area (Å²) in [7, 11) is -1.73. The molecule has 0 amide bonds. The number of hydrogen-bond acceptors (Lipinski definition) is 3. The predicted octanol–water partition coefficient (Wildman–Crippen LogP) is 0.743. The van der Waals surface area contributed by atoms with Gasteiger partial charge in [0.1, 0.15) is 4.90 Å². The number of sulfonamides is 1. The summed E-state index contributed by atoms with van der Waals surface area (Å²) in [5.41, 5.74) is 0. The summed E-state index contributed by atoms with van der Waals surface area (Å²) in [4.78, 5) is 0.206. The fraction of sp³-hybridized carbons (Fsp3) is 0.667. The molecule has 0 fully saturated rings. The summed E-state index contributed by atoms with van der Waals surface area (Å²) in [5, 5.41) is 3.83. The van der Waals surface area contributed by atoms with Crippen LogP contribution in [-0.2, 0) is 17.1 Å². The average molecular weight is 231 g/mol. The molecule has 1 atom stereocenters. The fourth-order valence-corrected chi connectivity index (χ4v) is 2.36. The van der Waals surface area contributed by atoms with E-state index in [9.17, 15) is 8.42 Å². The fourth-order valence-electron chi connectivity index (χ4n) is 0.986. The molecule has 1 heterocycles. The first kappa shape index (κ1) is 12.2. The van der Waals surface area contributed by atoms with Crippen LogP contribution < -0.4 is 4.72 Å². The Balaban J connectivity index is 2.85. The van der Waals surface area contributed by atoms with E-state index in [4.69, 9.17) is 0 Å². The van der Waals surface area contributed by atoms with Crippen LogP contribution >= 0.6 is 0 Å². The van der Waals surface area contributed by atoms with E-state index < -0.39 is 10.0 Å². The van der Waals surface area contributed by atoms with Crippen LogP contribution in [0.15, 0.2) is 17.3 Å². The van der Waals surface area contributed by atoms with Gasteiger partial charge in [0.15, 0.2) is 0 Å². The van der Waals surface area contributed by atoms with Gasteiger partial charge in [-0.2, -0.15) is 5.10 Å². The SMILES string of the molecule is CC(C)[C@@H](C)NS(=O)(=O)c1cnn(C)c1. The van der Waals surface area contributed by atoms with Crippen LogP contribution in [-0.4, -0.2) is 24.2 Å². The largest absolute Gasteiger partial charge is 0.274 e. The lowest BCUT2D eigenvalue weighted by Crippen LogP contribution is -2.35. The molecule has 6 heteroatoms. The molecule has 1 N–H and O–H groups in total. The highest BCUT2D eigenvalue weighted by Gasteiger charge is 2.20. The highest BCUT2D eigenvalue weighted by molar-refractivity contribution is 7.89. The second-order valence-corrected chi connectivity index (χ2v) is 5.72. The second kappa shape index (κ2) is 4.32. The Labute approximate surface area is 90.5 Å². The summed E-state index contributed by atoms with van der Waals surface area (Å²) < 4.78 is 27.7. The van der Waals surface area contributed by atoms with Gasteiger partial charge in [-0.15, -0.1) is 0 Å². The minimum Gasteiger partial charge on any atom is -0.274 e.